The molecule has 7 heteroatoms. The number of aromatic nitrogens is 1. The number of rotatable bonds is 5. The van der Waals surface area contributed by atoms with Crippen LogP contribution in [0.15, 0.2) is 11.2 Å². The van der Waals surface area contributed by atoms with Crippen molar-refractivity contribution in [2.45, 2.75) is 50.4 Å². The average molecular weight is 440 g/mol. The molecule has 2 rings (SSSR count). The van der Waals surface area contributed by atoms with E-state index >= 15 is 0 Å². The van der Waals surface area contributed by atoms with Crippen LogP contribution < -0.4 is 10.6 Å². The summed E-state index contributed by atoms with van der Waals surface area (Å²) in [6, 6.07) is 0.557. The normalized spacial score (nSPS) is 22.0. The van der Waals surface area contributed by atoms with Crippen LogP contribution in [0, 0.1) is 0 Å². The highest BCUT2D eigenvalue weighted by molar-refractivity contribution is 14.0. The van der Waals surface area contributed by atoms with Gasteiger partial charge in [0.25, 0.3) is 0 Å². The molecule has 0 aliphatic heterocycles. The minimum absolute atomic E-state index is 0. The van der Waals surface area contributed by atoms with Crippen molar-refractivity contribution in [3.05, 3.63) is 16.1 Å². The Labute approximate surface area is 153 Å². The Morgan fingerprint density at radius 3 is 2.90 bits per heavy atom. The summed E-state index contributed by atoms with van der Waals surface area (Å²) in [5.41, 5.74) is 0. The summed E-state index contributed by atoms with van der Waals surface area (Å²) < 4.78 is 0. The van der Waals surface area contributed by atoms with Crippen molar-refractivity contribution in [2.24, 2.45) is 4.99 Å². The first-order valence-electron chi connectivity index (χ1n) is 7.18. The van der Waals surface area contributed by atoms with Crippen molar-refractivity contribution in [3.8, 4) is 0 Å². The number of aliphatic imine (C=N–C) groups is 1. The molecule has 1 saturated carbocycles. The van der Waals surface area contributed by atoms with E-state index in [0.29, 0.717) is 6.04 Å². The number of nitrogens with zero attached hydrogens (tertiary/aromatic N) is 2. The van der Waals surface area contributed by atoms with Crippen LogP contribution in [0.2, 0.25) is 0 Å². The second kappa shape index (κ2) is 9.89. The number of halogens is 1. The van der Waals surface area contributed by atoms with E-state index in [-0.39, 0.29) is 24.0 Å². The number of nitrogens with one attached hydrogen (secondary N) is 2. The quantitative estimate of drug-likeness (QED) is 0.419. The van der Waals surface area contributed by atoms with E-state index in [4.69, 9.17) is 0 Å². The van der Waals surface area contributed by atoms with E-state index in [9.17, 15) is 0 Å². The standard InChI is InChI=1S/C14H24N4S2.HI/c1-4-11-8-16-13(20-11)9-17-14(15-2)18-10-5-6-12(7-10)19-3;/h8,10,12H,4-7,9H2,1-3H3,(H2,15,17,18);1H. The van der Waals surface area contributed by atoms with Gasteiger partial charge in [-0.05, 0) is 31.9 Å². The lowest BCUT2D eigenvalue weighted by Crippen LogP contribution is -2.42. The third-order valence-corrected chi connectivity index (χ3v) is 5.88. The third kappa shape index (κ3) is 5.94. The molecule has 0 radical (unpaired) electrons. The minimum atomic E-state index is 0. The second-order valence-electron chi connectivity index (χ2n) is 5.01. The molecule has 1 aromatic rings. The van der Waals surface area contributed by atoms with Gasteiger partial charge >= 0.3 is 0 Å². The maximum atomic E-state index is 4.42. The van der Waals surface area contributed by atoms with E-state index in [1.807, 2.05) is 25.0 Å². The van der Waals surface area contributed by atoms with E-state index < -0.39 is 0 Å². The van der Waals surface area contributed by atoms with E-state index in [1.54, 1.807) is 11.3 Å². The predicted molar refractivity (Wildman–Crippen MR) is 105 cm³/mol. The van der Waals surface area contributed by atoms with Gasteiger partial charge in [0.1, 0.15) is 5.01 Å². The average Bonchev–Trinajstić information content (AvgIpc) is 3.12. The molecule has 0 aromatic carbocycles. The third-order valence-electron chi connectivity index (χ3n) is 3.64. The van der Waals surface area contributed by atoms with Gasteiger partial charge in [0.15, 0.2) is 5.96 Å². The summed E-state index contributed by atoms with van der Waals surface area (Å²) in [5.74, 6) is 0.894. The topological polar surface area (TPSA) is 49.3 Å². The monoisotopic (exact) mass is 440 g/mol. The van der Waals surface area contributed by atoms with E-state index in [0.717, 1.165) is 29.2 Å². The van der Waals surface area contributed by atoms with Crippen molar-refractivity contribution < 1.29 is 0 Å². The lowest BCUT2D eigenvalue weighted by Gasteiger charge is -2.16. The second-order valence-corrected chi connectivity index (χ2v) is 7.35. The molecule has 2 atom stereocenters. The van der Waals surface area contributed by atoms with Gasteiger partial charge in [0.05, 0.1) is 6.54 Å². The first-order chi connectivity index (χ1) is 9.75. The zero-order valence-electron chi connectivity index (χ0n) is 12.9. The largest absolute Gasteiger partial charge is 0.354 e. The number of hydrogen-bond donors (Lipinski definition) is 2. The number of aryl methyl sites for hydroxylation is 1. The van der Waals surface area contributed by atoms with Crippen molar-refractivity contribution >= 4 is 53.0 Å². The van der Waals surface area contributed by atoms with Gasteiger partial charge in [0, 0.05) is 29.4 Å². The molecule has 1 fully saturated rings. The number of thioether (sulfide) groups is 1. The minimum Gasteiger partial charge on any atom is -0.354 e. The highest BCUT2D eigenvalue weighted by atomic mass is 127. The van der Waals surface area contributed by atoms with Crippen molar-refractivity contribution in [2.75, 3.05) is 13.3 Å². The Kier molecular flexibility index (Phi) is 8.96. The van der Waals surface area contributed by atoms with Crippen LogP contribution in [0.1, 0.15) is 36.1 Å². The van der Waals surface area contributed by atoms with Gasteiger partial charge in [-0.15, -0.1) is 35.3 Å². The van der Waals surface area contributed by atoms with Gasteiger partial charge in [0.2, 0.25) is 0 Å². The summed E-state index contributed by atoms with van der Waals surface area (Å²) >= 11 is 3.75. The van der Waals surface area contributed by atoms with Crippen molar-refractivity contribution in [1.29, 1.82) is 0 Å². The fourth-order valence-corrected chi connectivity index (χ4v) is 4.02. The van der Waals surface area contributed by atoms with Gasteiger partial charge in [-0.1, -0.05) is 6.92 Å². The lowest BCUT2D eigenvalue weighted by atomic mass is 10.2. The smallest absolute Gasteiger partial charge is 0.191 e. The molecule has 1 aromatic heterocycles. The number of thiazole rings is 1. The fraction of sp³-hybridized carbons (Fsp3) is 0.714. The molecule has 0 bridgehead atoms. The van der Waals surface area contributed by atoms with Crippen LogP contribution in [0.25, 0.3) is 0 Å². The summed E-state index contributed by atoms with van der Waals surface area (Å²) in [6.45, 7) is 2.91. The summed E-state index contributed by atoms with van der Waals surface area (Å²) in [4.78, 5) is 10.1. The van der Waals surface area contributed by atoms with Crippen LogP contribution in [0.4, 0.5) is 0 Å². The lowest BCUT2D eigenvalue weighted by molar-refractivity contribution is 0.614. The van der Waals surface area contributed by atoms with Crippen LogP contribution in [0.5, 0.6) is 0 Å². The molecule has 0 amide bonds. The van der Waals surface area contributed by atoms with Gasteiger partial charge in [-0.25, -0.2) is 4.98 Å². The van der Waals surface area contributed by atoms with Crippen LogP contribution in [0.3, 0.4) is 0 Å². The Bertz CT molecular complexity index is 450. The van der Waals surface area contributed by atoms with Crippen LogP contribution in [-0.4, -0.2) is 35.5 Å². The fourth-order valence-electron chi connectivity index (χ4n) is 2.43. The maximum Gasteiger partial charge on any atom is 0.191 e. The van der Waals surface area contributed by atoms with Crippen molar-refractivity contribution in [3.63, 3.8) is 0 Å². The predicted octanol–water partition coefficient (Wildman–Crippen LogP) is 3.27. The Balaban J connectivity index is 0.00000220. The molecule has 0 spiro atoms. The van der Waals surface area contributed by atoms with E-state index in [2.05, 4.69) is 33.8 Å². The maximum absolute atomic E-state index is 4.42. The molecule has 2 unspecified atom stereocenters. The van der Waals surface area contributed by atoms with Crippen LogP contribution in [-0.2, 0) is 13.0 Å². The van der Waals surface area contributed by atoms with E-state index in [1.165, 1.54) is 24.1 Å². The van der Waals surface area contributed by atoms with Gasteiger partial charge < -0.3 is 10.6 Å². The summed E-state index contributed by atoms with van der Waals surface area (Å²) in [5, 5.41) is 8.81. The Morgan fingerprint density at radius 1 is 1.52 bits per heavy atom. The summed E-state index contributed by atoms with van der Waals surface area (Å²) in [6.07, 6.45) is 9.01. The number of hydrogen-bond acceptors (Lipinski definition) is 4. The Morgan fingerprint density at radius 2 is 2.33 bits per heavy atom. The molecule has 4 nitrogen and oxygen atoms in total. The highest BCUT2D eigenvalue weighted by Gasteiger charge is 2.24. The van der Waals surface area contributed by atoms with Crippen LogP contribution >= 0.6 is 47.1 Å². The zero-order chi connectivity index (χ0) is 14.4. The molecule has 1 heterocycles. The highest BCUT2D eigenvalue weighted by Crippen LogP contribution is 2.28. The first kappa shape index (κ1) is 19.0. The molecule has 0 saturated heterocycles. The van der Waals surface area contributed by atoms with Crippen molar-refractivity contribution in [1.82, 2.24) is 15.6 Å². The summed E-state index contributed by atoms with van der Waals surface area (Å²) in [7, 11) is 1.83. The Hall–Kier alpha value is -0.0200. The SMILES string of the molecule is CCc1cnc(CNC(=NC)NC2CCC(SC)C2)s1.I. The van der Waals surface area contributed by atoms with Gasteiger partial charge in [-0.2, -0.15) is 11.8 Å². The number of guanidine groups is 1. The molecule has 120 valence electrons. The first-order valence-corrected chi connectivity index (χ1v) is 9.29. The molecule has 2 N–H and O–H groups in total. The van der Waals surface area contributed by atoms with Gasteiger partial charge in [-0.3, -0.25) is 4.99 Å². The molecule has 21 heavy (non-hydrogen) atoms. The molecule has 1 aliphatic rings. The molecular formula is C14H25IN4S2. The molecular weight excluding hydrogens is 415 g/mol. The zero-order valence-corrected chi connectivity index (χ0v) is 16.9. The molecule has 1 aliphatic carbocycles.